The molecule has 2 N–H and O–H groups in total. The summed E-state index contributed by atoms with van der Waals surface area (Å²) >= 11 is 3.30. The lowest BCUT2D eigenvalue weighted by Gasteiger charge is -2.31. The van der Waals surface area contributed by atoms with Gasteiger partial charge in [0.25, 0.3) is 5.91 Å². The Kier molecular flexibility index (Phi) is 5.28. The standard InChI is InChI=1S/C13H19BrN2O2/c1-13(2,3)10(6-8-17)16-12(18)11-9(14)5-4-7-15-11/h4-5,7,10,17H,6,8H2,1-3H3,(H,16,18). The molecule has 0 spiro atoms. The molecule has 0 fully saturated rings. The highest BCUT2D eigenvalue weighted by Crippen LogP contribution is 2.22. The van der Waals surface area contributed by atoms with E-state index in [1.54, 1.807) is 18.3 Å². The van der Waals surface area contributed by atoms with Gasteiger partial charge in [0.05, 0.1) is 0 Å². The van der Waals surface area contributed by atoms with Crippen molar-refractivity contribution < 1.29 is 9.90 Å². The van der Waals surface area contributed by atoms with E-state index in [4.69, 9.17) is 5.11 Å². The number of hydrogen-bond acceptors (Lipinski definition) is 3. The van der Waals surface area contributed by atoms with Crippen LogP contribution in [0.25, 0.3) is 0 Å². The molecule has 0 aliphatic heterocycles. The second-order valence-corrected chi connectivity index (χ2v) is 6.09. The van der Waals surface area contributed by atoms with Crippen LogP contribution in [0, 0.1) is 5.41 Å². The molecular weight excluding hydrogens is 296 g/mol. The van der Waals surface area contributed by atoms with Crippen LogP contribution in [0.3, 0.4) is 0 Å². The Morgan fingerprint density at radius 2 is 2.22 bits per heavy atom. The van der Waals surface area contributed by atoms with Gasteiger partial charge in [-0.05, 0) is 39.9 Å². The van der Waals surface area contributed by atoms with Gasteiger partial charge in [-0.3, -0.25) is 4.79 Å². The number of nitrogens with zero attached hydrogens (tertiary/aromatic N) is 1. The van der Waals surface area contributed by atoms with Gasteiger partial charge in [-0.15, -0.1) is 0 Å². The van der Waals surface area contributed by atoms with E-state index in [9.17, 15) is 4.79 Å². The maximum atomic E-state index is 12.1. The number of nitrogens with one attached hydrogen (secondary N) is 1. The van der Waals surface area contributed by atoms with E-state index in [0.29, 0.717) is 16.6 Å². The molecule has 1 unspecified atom stereocenters. The highest BCUT2D eigenvalue weighted by Gasteiger charge is 2.26. The van der Waals surface area contributed by atoms with E-state index in [0.717, 1.165) is 0 Å². The number of carbonyl (C=O) groups is 1. The summed E-state index contributed by atoms with van der Waals surface area (Å²) < 4.78 is 0.666. The van der Waals surface area contributed by atoms with Gasteiger partial charge in [0.15, 0.2) is 0 Å². The first-order chi connectivity index (χ1) is 8.36. The maximum absolute atomic E-state index is 12.1. The second-order valence-electron chi connectivity index (χ2n) is 5.24. The molecule has 4 nitrogen and oxygen atoms in total. The molecule has 0 bridgehead atoms. The van der Waals surface area contributed by atoms with Crippen LogP contribution in [-0.2, 0) is 0 Å². The van der Waals surface area contributed by atoms with Crippen LogP contribution < -0.4 is 5.32 Å². The number of carbonyl (C=O) groups excluding carboxylic acids is 1. The molecule has 0 saturated carbocycles. The Hall–Kier alpha value is -0.940. The average molecular weight is 315 g/mol. The molecule has 0 aromatic carbocycles. The average Bonchev–Trinajstić information content (AvgIpc) is 2.27. The summed E-state index contributed by atoms with van der Waals surface area (Å²) in [6.07, 6.45) is 2.11. The van der Waals surface area contributed by atoms with Gasteiger partial charge in [0.2, 0.25) is 0 Å². The van der Waals surface area contributed by atoms with Gasteiger partial charge in [-0.2, -0.15) is 0 Å². The third kappa shape index (κ3) is 4.07. The van der Waals surface area contributed by atoms with Crippen LogP contribution in [-0.4, -0.2) is 28.6 Å². The summed E-state index contributed by atoms with van der Waals surface area (Å²) in [5.41, 5.74) is 0.254. The van der Waals surface area contributed by atoms with Crippen molar-refractivity contribution in [2.45, 2.75) is 33.2 Å². The van der Waals surface area contributed by atoms with Crippen molar-refractivity contribution in [3.63, 3.8) is 0 Å². The van der Waals surface area contributed by atoms with Crippen LogP contribution in [0.2, 0.25) is 0 Å². The van der Waals surface area contributed by atoms with Crippen molar-refractivity contribution in [2.75, 3.05) is 6.61 Å². The molecule has 18 heavy (non-hydrogen) atoms. The van der Waals surface area contributed by atoms with E-state index in [1.165, 1.54) is 0 Å². The predicted octanol–water partition coefficient (Wildman–Crippen LogP) is 2.37. The monoisotopic (exact) mass is 314 g/mol. The van der Waals surface area contributed by atoms with E-state index in [2.05, 4.69) is 26.2 Å². The lowest BCUT2D eigenvalue weighted by atomic mass is 9.85. The minimum absolute atomic E-state index is 0.0472. The SMILES string of the molecule is CC(C)(C)C(CCO)NC(=O)c1ncccc1Br. The molecule has 1 aromatic rings. The largest absolute Gasteiger partial charge is 0.396 e. The zero-order valence-corrected chi connectivity index (χ0v) is 12.5. The molecule has 1 rings (SSSR count). The number of aliphatic hydroxyl groups excluding tert-OH is 1. The summed E-state index contributed by atoms with van der Waals surface area (Å²) in [7, 11) is 0. The van der Waals surface area contributed by atoms with Crippen molar-refractivity contribution in [3.8, 4) is 0 Å². The number of rotatable bonds is 4. The zero-order valence-electron chi connectivity index (χ0n) is 10.9. The minimum Gasteiger partial charge on any atom is -0.396 e. The molecule has 0 saturated heterocycles. The third-order valence-corrected chi connectivity index (χ3v) is 3.38. The number of halogens is 1. The fraction of sp³-hybridized carbons (Fsp3) is 0.538. The quantitative estimate of drug-likeness (QED) is 0.897. The molecule has 1 atom stereocenters. The van der Waals surface area contributed by atoms with Gasteiger partial charge < -0.3 is 10.4 Å². The van der Waals surface area contributed by atoms with Gasteiger partial charge in [0.1, 0.15) is 5.69 Å². The Morgan fingerprint density at radius 1 is 1.56 bits per heavy atom. The molecular formula is C13H19BrN2O2. The normalized spacial score (nSPS) is 13.2. The summed E-state index contributed by atoms with van der Waals surface area (Å²) in [4.78, 5) is 16.2. The highest BCUT2D eigenvalue weighted by atomic mass is 79.9. The first kappa shape index (κ1) is 15.1. The number of aromatic nitrogens is 1. The topological polar surface area (TPSA) is 62.2 Å². The number of pyridine rings is 1. The van der Waals surface area contributed by atoms with Crippen LogP contribution in [0.15, 0.2) is 22.8 Å². The summed E-state index contributed by atoms with van der Waals surface area (Å²) in [6.45, 7) is 6.13. The van der Waals surface area contributed by atoms with E-state index in [1.807, 2.05) is 20.8 Å². The smallest absolute Gasteiger partial charge is 0.271 e. The number of aliphatic hydroxyl groups is 1. The number of amides is 1. The molecule has 1 amide bonds. The summed E-state index contributed by atoms with van der Waals surface area (Å²) in [5, 5.41) is 12.0. The fourth-order valence-corrected chi connectivity index (χ4v) is 2.07. The van der Waals surface area contributed by atoms with Gasteiger partial charge in [-0.25, -0.2) is 4.98 Å². The third-order valence-electron chi connectivity index (χ3n) is 2.74. The Morgan fingerprint density at radius 3 is 2.72 bits per heavy atom. The van der Waals surface area contributed by atoms with Crippen LogP contribution >= 0.6 is 15.9 Å². The number of hydrogen-bond donors (Lipinski definition) is 2. The summed E-state index contributed by atoms with van der Waals surface area (Å²) in [6, 6.07) is 3.44. The Labute approximate surface area is 116 Å². The molecule has 0 aliphatic rings. The molecule has 1 heterocycles. The zero-order chi connectivity index (χ0) is 13.8. The molecule has 0 aliphatic carbocycles. The minimum atomic E-state index is -0.226. The van der Waals surface area contributed by atoms with Crippen LogP contribution in [0.4, 0.5) is 0 Å². The first-order valence-corrected chi connectivity index (χ1v) is 6.68. The van der Waals surface area contributed by atoms with Crippen molar-refractivity contribution in [3.05, 3.63) is 28.5 Å². The van der Waals surface area contributed by atoms with Gasteiger partial charge in [0, 0.05) is 23.3 Å². The Balaban J connectivity index is 2.82. The lowest BCUT2D eigenvalue weighted by molar-refractivity contribution is 0.0879. The lowest BCUT2D eigenvalue weighted by Crippen LogP contribution is -2.44. The van der Waals surface area contributed by atoms with Gasteiger partial charge >= 0.3 is 0 Å². The van der Waals surface area contributed by atoms with Crippen molar-refractivity contribution in [1.82, 2.24) is 10.3 Å². The molecule has 1 aromatic heterocycles. The van der Waals surface area contributed by atoms with Crippen LogP contribution in [0.5, 0.6) is 0 Å². The summed E-state index contributed by atoms with van der Waals surface area (Å²) in [5.74, 6) is -0.226. The van der Waals surface area contributed by atoms with Crippen molar-refractivity contribution >= 4 is 21.8 Å². The van der Waals surface area contributed by atoms with Gasteiger partial charge in [-0.1, -0.05) is 20.8 Å². The first-order valence-electron chi connectivity index (χ1n) is 5.88. The molecule has 0 radical (unpaired) electrons. The molecule has 5 heteroatoms. The van der Waals surface area contributed by atoms with Crippen molar-refractivity contribution in [1.29, 1.82) is 0 Å². The van der Waals surface area contributed by atoms with E-state index >= 15 is 0 Å². The molecule has 100 valence electrons. The fourth-order valence-electron chi connectivity index (χ4n) is 1.63. The second kappa shape index (κ2) is 6.29. The van der Waals surface area contributed by atoms with Crippen LogP contribution in [0.1, 0.15) is 37.7 Å². The predicted molar refractivity (Wildman–Crippen MR) is 74.3 cm³/mol. The highest BCUT2D eigenvalue weighted by molar-refractivity contribution is 9.10. The maximum Gasteiger partial charge on any atom is 0.271 e. The van der Waals surface area contributed by atoms with E-state index in [-0.39, 0.29) is 24.0 Å². The van der Waals surface area contributed by atoms with E-state index < -0.39 is 0 Å². The van der Waals surface area contributed by atoms with Crippen molar-refractivity contribution in [2.24, 2.45) is 5.41 Å². The Bertz CT molecular complexity index is 416.